The van der Waals surface area contributed by atoms with Crippen molar-refractivity contribution in [2.24, 2.45) is 5.10 Å². The number of nitrogens with zero attached hydrogens (tertiary/aromatic N) is 2. The molecular formula is C34H26BrN3O3. The molecule has 0 saturated heterocycles. The Labute approximate surface area is 245 Å². The molecule has 1 aromatic heterocycles. The van der Waals surface area contributed by atoms with Gasteiger partial charge in [0.2, 0.25) is 0 Å². The number of carbonyl (C=O) groups excluding carboxylic acids is 1. The van der Waals surface area contributed by atoms with Crippen LogP contribution in [0.4, 0.5) is 0 Å². The molecular weight excluding hydrogens is 578 g/mol. The fourth-order valence-corrected chi connectivity index (χ4v) is 5.49. The second-order valence-corrected chi connectivity index (χ2v) is 10.6. The van der Waals surface area contributed by atoms with Crippen LogP contribution in [0.15, 0.2) is 124 Å². The molecule has 1 unspecified atom stereocenters. The molecule has 1 N–H and O–H groups in total. The topological polar surface area (TPSA) is 74.8 Å². The number of hydrazone groups is 1. The molecule has 0 fully saturated rings. The van der Waals surface area contributed by atoms with E-state index in [1.54, 1.807) is 31.4 Å². The number of carbonyl (C=O) groups is 1. The van der Waals surface area contributed by atoms with Crippen LogP contribution < -0.4 is 10.3 Å². The maximum absolute atomic E-state index is 13.8. The van der Waals surface area contributed by atoms with E-state index in [9.17, 15) is 9.59 Å². The zero-order valence-corrected chi connectivity index (χ0v) is 23.8. The van der Waals surface area contributed by atoms with Crippen LogP contribution in [0.25, 0.3) is 28.1 Å². The molecule has 2 heterocycles. The van der Waals surface area contributed by atoms with E-state index in [2.05, 4.69) is 20.9 Å². The van der Waals surface area contributed by atoms with E-state index in [0.29, 0.717) is 29.0 Å². The highest BCUT2D eigenvalue weighted by molar-refractivity contribution is 9.10. The summed E-state index contributed by atoms with van der Waals surface area (Å²) < 4.78 is 6.16. The van der Waals surface area contributed by atoms with Gasteiger partial charge in [-0.15, -0.1) is 0 Å². The first-order valence-electron chi connectivity index (χ1n) is 13.2. The monoisotopic (exact) mass is 603 g/mol. The number of fused-ring (bicyclic) bond motifs is 1. The molecule has 0 aliphatic carbocycles. The molecule has 0 spiro atoms. The highest BCUT2D eigenvalue weighted by Crippen LogP contribution is 2.34. The lowest BCUT2D eigenvalue weighted by Gasteiger charge is -2.19. The molecule has 1 amide bonds. The van der Waals surface area contributed by atoms with Gasteiger partial charge in [-0.2, -0.15) is 5.10 Å². The first-order valence-corrected chi connectivity index (χ1v) is 14.0. The summed E-state index contributed by atoms with van der Waals surface area (Å²) in [4.78, 5) is 30.6. The summed E-state index contributed by atoms with van der Waals surface area (Å²) in [6, 6.07) is 32.1. The minimum atomic E-state index is -0.388. The van der Waals surface area contributed by atoms with Gasteiger partial charge in [0, 0.05) is 32.9 Å². The van der Waals surface area contributed by atoms with Gasteiger partial charge in [-0.1, -0.05) is 88.7 Å². The average Bonchev–Trinajstić information content (AvgIpc) is 3.44. The minimum Gasteiger partial charge on any atom is -0.497 e. The third-order valence-electron chi connectivity index (χ3n) is 7.13. The predicted molar refractivity (Wildman–Crippen MR) is 167 cm³/mol. The lowest BCUT2D eigenvalue weighted by atomic mass is 9.92. The molecule has 7 heteroatoms. The van der Waals surface area contributed by atoms with Crippen molar-refractivity contribution in [2.45, 2.75) is 12.5 Å². The molecule has 1 aliphatic rings. The first kappa shape index (κ1) is 26.5. The van der Waals surface area contributed by atoms with Gasteiger partial charge >= 0.3 is 0 Å². The fraction of sp³-hybridized carbons (Fsp3) is 0.0882. The lowest BCUT2D eigenvalue weighted by molar-refractivity contribution is 0.0742. The van der Waals surface area contributed by atoms with Crippen molar-refractivity contribution in [1.82, 2.24) is 9.99 Å². The number of halogens is 1. The van der Waals surface area contributed by atoms with Crippen LogP contribution in [0.5, 0.6) is 5.75 Å². The normalized spacial score (nSPS) is 14.9. The lowest BCUT2D eigenvalue weighted by Crippen LogP contribution is -2.31. The van der Waals surface area contributed by atoms with Gasteiger partial charge in [-0.25, -0.2) is 5.01 Å². The smallest absolute Gasteiger partial charge is 0.274 e. The van der Waals surface area contributed by atoms with Crippen LogP contribution in [0.1, 0.15) is 27.9 Å². The van der Waals surface area contributed by atoms with Crippen molar-refractivity contribution in [1.29, 1.82) is 0 Å². The van der Waals surface area contributed by atoms with E-state index >= 15 is 0 Å². The van der Waals surface area contributed by atoms with E-state index in [1.807, 2.05) is 91.0 Å². The second-order valence-electron chi connectivity index (χ2n) is 9.73. The summed E-state index contributed by atoms with van der Waals surface area (Å²) in [6.45, 7) is 0. The molecule has 0 bridgehead atoms. The van der Waals surface area contributed by atoms with Gasteiger partial charge in [0.1, 0.15) is 5.75 Å². The van der Waals surface area contributed by atoms with Crippen molar-refractivity contribution < 1.29 is 9.53 Å². The number of hydrogen-bond acceptors (Lipinski definition) is 4. The highest BCUT2D eigenvalue weighted by Gasteiger charge is 2.33. The van der Waals surface area contributed by atoms with E-state index < -0.39 is 0 Å². The number of nitrogens with one attached hydrogen (secondary N) is 1. The summed E-state index contributed by atoms with van der Waals surface area (Å²) in [5.74, 6) is 0.403. The summed E-state index contributed by atoms with van der Waals surface area (Å²) >= 11 is 3.59. The van der Waals surface area contributed by atoms with Crippen LogP contribution in [-0.2, 0) is 0 Å². The second kappa shape index (κ2) is 11.4. The Balaban J connectivity index is 1.50. The molecule has 41 heavy (non-hydrogen) atoms. The van der Waals surface area contributed by atoms with Gasteiger partial charge in [0.15, 0.2) is 0 Å². The number of rotatable bonds is 6. The van der Waals surface area contributed by atoms with E-state index in [0.717, 1.165) is 32.1 Å². The van der Waals surface area contributed by atoms with Gasteiger partial charge in [-0.3, -0.25) is 9.59 Å². The van der Waals surface area contributed by atoms with Gasteiger partial charge in [0.25, 0.3) is 11.5 Å². The van der Waals surface area contributed by atoms with Crippen LogP contribution in [0.2, 0.25) is 0 Å². The summed E-state index contributed by atoms with van der Waals surface area (Å²) in [5.41, 5.74) is 4.67. The fourth-order valence-electron chi connectivity index (χ4n) is 5.12. The SMILES string of the molecule is COc1ccc(C(=O)N2N=C(c3c(-c4ccccc4)c4cc(Br)ccc4[nH]c3=O)CC2C=Cc2ccccc2)cc1. The van der Waals surface area contributed by atoms with E-state index in [1.165, 1.54) is 5.01 Å². The van der Waals surface area contributed by atoms with Crippen LogP contribution in [0, 0.1) is 0 Å². The number of benzene rings is 4. The Morgan fingerprint density at radius 3 is 2.37 bits per heavy atom. The number of aromatic nitrogens is 1. The zero-order valence-electron chi connectivity index (χ0n) is 22.3. The van der Waals surface area contributed by atoms with Gasteiger partial charge < -0.3 is 9.72 Å². The van der Waals surface area contributed by atoms with Crippen molar-refractivity contribution >= 4 is 44.5 Å². The number of ether oxygens (including phenoxy) is 1. The maximum atomic E-state index is 13.8. The Kier molecular flexibility index (Phi) is 7.35. The van der Waals surface area contributed by atoms with Crippen molar-refractivity contribution in [3.05, 3.63) is 141 Å². The van der Waals surface area contributed by atoms with Crippen LogP contribution >= 0.6 is 15.9 Å². The molecule has 202 valence electrons. The predicted octanol–water partition coefficient (Wildman–Crippen LogP) is 7.30. The molecule has 0 radical (unpaired) electrons. The van der Waals surface area contributed by atoms with Crippen molar-refractivity contribution in [3.8, 4) is 16.9 Å². The third-order valence-corrected chi connectivity index (χ3v) is 7.62. The molecule has 4 aromatic carbocycles. The Hall–Kier alpha value is -4.75. The summed E-state index contributed by atoms with van der Waals surface area (Å²) in [6.07, 6.45) is 4.34. The number of hydrogen-bond donors (Lipinski definition) is 1. The average molecular weight is 605 g/mol. The quantitative estimate of drug-likeness (QED) is 0.221. The number of aromatic amines is 1. The van der Waals surface area contributed by atoms with Gasteiger partial charge in [-0.05, 0) is 53.6 Å². The van der Waals surface area contributed by atoms with Crippen molar-refractivity contribution in [2.75, 3.05) is 7.11 Å². The molecule has 1 atom stereocenters. The standard InChI is InChI=1S/C34H26BrN3O3/c1-41-27-17-13-24(14-18-27)34(40)38-26(16-12-22-8-4-2-5-9-22)21-30(37-38)32-31(23-10-6-3-7-11-23)28-20-25(35)15-19-29(28)36-33(32)39/h2-20,26H,21H2,1H3,(H,36,39). The maximum Gasteiger partial charge on any atom is 0.274 e. The van der Waals surface area contributed by atoms with E-state index in [-0.39, 0.29) is 17.5 Å². The zero-order chi connectivity index (χ0) is 28.3. The third kappa shape index (κ3) is 5.36. The largest absolute Gasteiger partial charge is 0.497 e. The summed E-state index contributed by atoms with van der Waals surface area (Å²) in [5, 5.41) is 7.20. The number of pyridine rings is 1. The Bertz CT molecular complexity index is 1850. The highest BCUT2D eigenvalue weighted by atomic mass is 79.9. The molecule has 6 rings (SSSR count). The van der Waals surface area contributed by atoms with Gasteiger partial charge in [0.05, 0.1) is 24.4 Å². The number of amides is 1. The Morgan fingerprint density at radius 1 is 0.951 bits per heavy atom. The molecule has 5 aromatic rings. The number of H-pyrrole nitrogens is 1. The molecule has 1 aliphatic heterocycles. The molecule has 6 nitrogen and oxygen atoms in total. The van der Waals surface area contributed by atoms with Crippen LogP contribution in [0.3, 0.4) is 0 Å². The first-order chi connectivity index (χ1) is 20.0. The van der Waals surface area contributed by atoms with Crippen LogP contribution in [-0.4, -0.2) is 34.8 Å². The van der Waals surface area contributed by atoms with E-state index in [4.69, 9.17) is 9.84 Å². The Morgan fingerprint density at radius 2 is 1.66 bits per heavy atom. The van der Waals surface area contributed by atoms with Crippen molar-refractivity contribution in [3.63, 3.8) is 0 Å². The summed E-state index contributed by atoms with van der Waals surface area (Å²) in [7, 11) is 1.59. The minimum absolute atomic E-state index is 0.248. The molecule has 0 saturated carbocycles. The number of methoxy groups -OCH3 is 1.